The fraction of sp³-hybridized carbons (Fsp3) is 0.455. The first-order chi connectivity index (χ1) is 7.13. The molecule has 0 aliphatic heterocycles. The lowest BCUT2D eigenvalue weighted by atomic mass is 10.1. The highest BCUT2D eigenvalue weighted by molar-refractivity contribution is 6.33. The van der Waals surface area contributed by atoms with Gasteiger partial charge in [0.2, 0.25) is 0 Å². The summed E-state index contributed by atoms with van der Waals surface area (Å²) in [5.41, 5.74) is 0.884. The van der Waals surface area contributed by atoms with Crippen LogP contribution in [0.2, 0.25) is 10.0 Å². The average Bonchev–Trinajstić information content (AvgIpc) is 2.20. The number of hydrogen-bond donors (Lipinski definition) is 2. The van der Waals surface area contributed by atoms with Gasteiger partial charge in [0, 0.05) is 23.0 Å². The predicted molar refractivity (Wildman–Crippen MR) is 64.7 cm³/mol. The second-order valence-electron chi connectivity index (χ2n) is 3.40. The first-order valence-electron chi connectivity index (χ1n) is 4.96. The predicted octanol–water partition coefficient (Wildman–Crippen LogP) is 2.51. The van der Waals surface area contributed by atoms with Crippen LogP contribution >= 0.6 is 23.2 Å². The Balaban J connectivity index is 2.59. The molecule has 0 fully saturated rings. The first-order valence-corrected chi connectivity index (χ1v) is 5.71. The lowest BCUT2D eigenvalue weighted by molar-refractivity contribution is 0.173. The Morgan fingerprint density at radius 3 is 2.80 bits per heavy atom. The molecule has 0 aromatic heterocycles. The zero-order valence-electron chi connectivity index (χ0n) is 8.63. The van der Waals surface area contributed by atoms with Gasteiger partial charge < -0.3 is 10.4 Å². The van der Waals surface area contributed by atoms with E-state index < -0.39 is 6.10 Å². The second kappa shape index (κ2) is 6.33. The molecule has 0 aliphatic carbocycles. The zero-order chi connectivity index (χ0) is 11.3. The Hall–Kier alpha value is -0.280. The summed E-state index contributed by atoms with van der Waals surface area (Å²) in [6.07, 6.45) is 0.0905. The summed E-state index contributed by atoms with van der Waals surface area (Å²) in [5.74, 6) is 0. The van der Waals surface area contributed by atoms with Gasteiger partial charge in [-0.1, -0.05) is 30.1 Å². The van der Waals surface area contributed by atoms with E-state index in [1.807, 2.05) is 6.92 Å². The average molecular weight is 248 g/mol. The molecular weight excluding hydrogens is 233 g/mol. The number of hydrogen-bond acceptors (Lipinski definition) is 2. The van der Waals surface area contributed by atoms with E-state index in [1.165, 1.54) is 0 Å². The van der Waals surface area contributed by atoms with E-state index in [9.17, 15) is 5.11 Å². The third-order valence-electron chi connectivity index (χ3n) is 2.09. The van der Waals surface area contributed by atoms with Crippen LogP contribution in [0.25, 0.3) is 0 Å². The van der Waals surface area contributed by atoms with Gasteiger partial charge in [-0.3, -0.25) is 0 Å². The number of halogens is 2. The normalized spacial score (nSPS) is 12.8. The third-order valence-corrected chi connectivity index (χ3v) is 2.70. The van der Waals surface area contributed by atoms with E-state index in [1.54, 1.807) is 18.2 Å². The van der Waals surface area contributed by atoms with Crippen LogP contribution in [0.4, 0.5) is 0 Å². The summed E-state index contributed by atoms with van der Waals surface area (Å²) in [6, 6.07) is 5.28. The quantitative estimate of drug-likeness (QED) is 0.839. The molecule has 0 radical (unpaired) electrons. The summed E-state index contributed by atoms with van der Waals surface area (Å²) in [5, 5.41) is 14.1. The van der Waals surface area contributed by atoms with E-state index >= 15 is 0 Å². The molecule has 1 aromatic carbocycles. The first kappa shape index (κ1) is 12.8. The molecule has 84 valence electrons. The highest BCUT2D eigenvalue weighted by Gasteiger charge is 2.08. The Kier molecular flexibility index (Phi) is 5.40. The molecular formula is C11H15Cl2NO. The van der Waals surface area contributed by atoms with Crippen molar-refractivity contribution in [3.8, 4) is 0 Å². The van der Waals surface area contributed by atoms with Gasteiger partial charge in [-0.15, -0.1) is 0 Å². The van der Waals surface area contributed by atoms with Gasteiger partial charge in [0.25, 0.3) is 0 Å². The lowest BCUT2D eigenvalue weighted by Gasteiger charge is -2.12. The van der Waals surface area contributed by atoms with Crippen molar-refractivity contribution < 1.29 is 5.11 Å². The summed E-state index contributed by atoms with van der Waals surface area (Å²) < 4.78 is 0. The molecule has 0 spiro atoms. The van der Waals surface area contributed by atoms with Crippen molar-refractivity contribution in [2.45, 2.75) is 19.4 Å². The number of benzene rings is 1. The van der Waals surface area contributed by atoms with Crippen LogP contribution in [0, 0.1) is 0 Å². The van der Waals surface area contributed by atoms with Gasteiger partial charge in [-0.2, -0.15) is 0 Å². The molecule has 0 saturated heterocycles. The highest BCUT2D eigenvalue weighted by Crippen LogP contribution is 2.21. The minimum Gasteiger partial charge on any atom is -0.391 e. The maximum Gasteiger partial charge on any atom is 0.0705 e. The van der Waals surface area contributed by atoms with Gasteiger partial charge in [0.15, 0.2) is 0 Å². The van der Waals surface area contributed by atoms with Crippen molar-refractivity contribution in [2.24, 2.45) is 0 Å². The summed E-state index contributed by atoms with van der Waals surface area (Å²) in [4.78, 5) is 0. The standard InChI is InChI=1S/C11H15Cl2NO/c1-2-14-7-10(15)6-8-5-9(12)3-4-11(8)13/h3-5,10,14-15H,2,6-7H2,1H3. The fourth-order valence-electron chi connectivity index (χ4n) is 1.34. The maximum atomic E-state index is 9.68. The molecule has 4 heteroatoms. The maximum absolute atomic E-state index is 9.68. The second-order valence-corrected chi connectivity index (χ2v) is 4.24. The van der Waals surface area contributed by atoms with Crippen LogP contribution in [0.15, 0.2) is 18.2 Å². The van der Waals surface area contributed by atoms with Crippen molar-refractivity contribution in [2.75, 3.05) is 13.1 Å². The Morgan fingerprint density at radius 1 is 1.40 bits per heavy atom. The topological polar surface area (TPSA) is 32.3 Å². The molecule has 1 aromatic rings. The Labute approximate surface area is 100 Å². The smallest absolute Gasteiger partial charge is 0.0705 e. The summed E-state index contributed by atoms with van der Waals surface area (Å²) in [7, 11) is 0. The fourth-order valence-corrected chi connectivity index (χ4v) is 1.73. The number of aliphatic hydroxyl groups is 1. The molecule has 0 heterocycles. The molecule has 2 nitrogen and oxygen atoms in total. The van der Waals surface area contributed by atoms with Crippen molar-refractivity contribution in [1.29, 1.82) is 0 Å². The van der Waals surface area contributed by atoms with Crippen LogP contribution in [0.3, 0.4) is 0 Å². The highest BCUT2D eigenvalue weighted by atomic mass is 35.5. The SMILES string of the molecule is CCNCC(O)Cc1cc(Cl)ccc1Cl. The monoisotopic (exact) mass is 247 g/mol. The Bertz CT molecular complexity index is 317. The van der Waals surface area contributed by atoms with E-state index in [4.69, 9.17) is 23.2 Å². The molecule has 1 unspecified atom stereocenters. The molecule has 2 N–H and O–H groups in total. The minimum atomic E-state index is -0.430. The van der Waals surface area contributed by atoms with Crippen LogP contribution in [-0.4, -0.2) is 24.3 Å². The van der Waals surface area contributed by atoms with Gasteiger partial charge >= 0.3 is 0 Å². The number of aliphatic hydroxyl groups excluding tert-OH is 1. The van der Waals surface area contributed by atoms with Crippen molar-refractivity contribution >= 4 is 23.2 Å². The van der Waals surface area contributed by atoms with Gasteiger partial charge in [-0.05, 0) is 30.3 Å². The molecule has 15 heavy (non-hydrogen) atoms. The van der Waals surface area contributed by atoms with Crippen molar-refractivity contribution in [1.82, 2.24) is 5.32 Å². The summed E-state index contributed by atoms with van der Waals surface area (Å²) in [6.45, 7) is 3.42. The van der Waals surface area contributed by atoms with E-state index in [-0.39, 0.29) is 0 Å². The van der Waals surface area contributed by atoms with Crippen LogP contribution < -0.4 is 5.32 Å². The van der Waals surface area contributed by atoms with Crippen LogP contribution in [-0.2, 0) is 6.42 Å². The number of rotatable bonds is 5. The number of likely N-dealkylation sites (N-methyl/N-ethyl adjacent to an activating group) is 1. The number of nitrogens with one attached hydrogen (secondary N) is 1. The van der Waals surface area contributed by atoms with Crippen molar-refractivity contribution in [3.05, 3.63) is 33.8 Å². The van der Waals surface area contributed by atoms with Gasteiger partial charge in [0.1, 0.15) is 0 Å². The largest absolute Gasteiger partial charge is 0.391 e. The van der Waals surface area contributed by atoms with Crippen LogP contribution in [0.5, 0.6) is 0 Å². The van der Waals surface area contributed by atoms with Gasteiger partial charge in [-0.25, -0.2) is 0 Å². The third kappa shape index (κ3) is 4.39. The molecule has 1 rings (SSSR count). The molecule has 0 bridgehead atoms. The van der Waals surface area contributed by atoms with E-state index in [0.717, 1.165) is 12.1 Å². The lowest BCUT2D eigenvalue weighted by Crippen LogP contribution is -2.28. The molecule has 0 amide bonds. The van der Waals surface area contributed by atoms with Crippen LogP contribution in [0.1, 0.15) is 12.5 Å². The molecule has 1 atom stereocenters. The minimum absolute atomic E-state index is 0.430. The zero-order valence-corrected chi connectivity index (χ0v) is 10.1. The van der Waals surface area contributed by atoms with E-state index in [0.29, 0.717) is 23.0 Å². The molecule has 0 aliphatic rings. The molecule has 0 saturated carbocycles. The van der Waals surface area contributed by atoms with Crippen molar-refractivity contribution in [3.63, 3.8) is 0 Å². The Morgan fingerprint density at radius 2 is 2.13 bits per heavy atom. The van der Waals surface area contributed by atoms with Gasteiger partial charge in [0.05, 0.1) is 6.10 Å². The van der Waals surface area contributed by atoms with E-state index in [2.05, 4.69) is 5.32 Å². The summed E-state index contributed by atoms with van der Waals surface area (Å²) >= 11 is 11.8.